The molecule has 0 saturated heterocycles. The van der Waals surface area contributed by atoms with E-state index in [0.29, 0.717) is 12.2 Å². The summed E-state index contributed by atoms with van der Waals surface area (Å²) in [5.41, 5.74) is 0.993. The second-order valence-electron chi connectivity index (χ2n) is 2.14. The lowest BCUT2D eigenvalue weighted by atomic mass is 10.1. The van der Waals surface area contributed by atoms with Crippen molar-refractivity contribution < 1.29 is 10.2 Å². The number of hydrogen-bond donors (Lipinski definition) is 2. The SMILES string of the molecule is OCC1=CC=C(O)CC1. The minimum absolute atomic E-state index is 0.115. The van der Waals surface area contributed by atoms with Crippen molar-refractivity contribution >= 4 is 0 Å². The summed E-state index contributed by atoms with van der Waals surface area (Å²) in [7, 11) is 0. The van der Waals surface area contributed by atoms with Crippen LogP contribution in [0.25, 0.3) is 0 Å². The zero-order valence-electron chi connectivity index (χ0n) is 5.17. The van der Waals surface area contributed by atoms with Gasteiger partial charge >= 0.3 is 0 Å². The maximum Gasteiger partial charge on any atom is 0.0925 e. The van der Waals surface area contributed by atoms with Gasteiger partial charge in [0.1, 0.15) is 0 Å². The van der Waals surface area contributed by atoms with Crippen LogP contribution in [-0.4, -0.2) is 16.8 Å². The Morgan fingerprint density at radius 2 is 2.11 bits per heavy atom. The quantitative estimate of drug-likeness (QED) is 0.553. The monoisotopic (exact) mass is 126 g/mol. The molecule has 0 saturated carbocycles. The minimum Gasteiger partial charge on any atom is -0.512 e. The third-order valence-corrected chi connectivity index (χ3v) is 1.42. The Bertz CT molecular complexity index is 156. The van der Waals surface area contributed by atoms with Crippen LogP contribution in [0, 0.1) is 0 Å². The Morgan fingerprint density at radius 3 is 2.56 bits per heavy atom. The predicted molar refractivity (Wildman–Crippen MR) is 35.1 cm³/mol. The summed E-state index contributed by atoms with van der Waals surface area (Å²) >= 11 is 0. The average molecular weight is 126 g/mol. The molecule has 0 fully saturated rings. The third-order valence-electron chi connectivity index (χ3n) is 1.42. The third kappa shape index (κ3) is 1.57. The average Bonchev–Trinajstić information content (AvgIpc) is 1.90. The Morgan fingerprint density at radius 1 is 1.33 bits per heavy atom. The standard InChI is InChI=1S/C7H10O2/c8-5-6-1-3-7(9)4-2-6/h1,3,8-9H,2,4-5H2. The minimum atomic E-state index is 0.115. The van der Waals surface area contributed by atoms with Gasteiger partial charge in [-0.15, -0.1) is 0 Å². The van der Waals surface area contributed by atoms with Crippen LogP contribution in [0.3, 0.4) is 0 Å². The van der Waals surface area contributed by atoms with Crippen molar-refractivity contribution in [3.63, 3.8) is 0 Å². The summed E-state index contributed by atoms with van der Waals surface area (Å²) in [5.74, 6) is 0.409. The number of allylic oxidation sites excluding steroid dienone is 3. The molecule has 0 atom stereocenters. The number of rotatable bonds is 1. The van der Waals surface area contributed by atoms with Crippen LogP contribution in [0.5, 0.6) is 0 Å². The number of hydrogen-bond acceptors (Lipinski definition) is 2. The molecule has 9 heavy (non-hydrogen) atoms. The molecular formula is C7H10O2. The first kappa shape index (κ1) is 6.36. The van der Waals surface area contributed by atoms with Crippen LogP contribution in [0.1, 0.15) is 12.8 Å². The molecule has 0 unspecified atom stereocenters. The van der Waals surface area contributed by atoms with Crippen LogP contribution < -0.4 is 0 Å². The van der Waals surface area contributed by atoms with Gasteiger partial charge < -0.3 is 10.2 Å². The van der Waals surface area contributed by atoms with Gasteiger partial charge in [-0.3, -0.25) is 0 Å². The lowest BCUT2D eigenvalue weighted by Gasteiger charge is -2.06. The molecule has 0 aromatic rings. The molecule has 0 radical (unpaired) electrons. The summed E-state index contributed by atoms with van der Waals surface area (Å²) in [5, 5.41) is 17.5. The highest BCUT2D eigenvalue weighted by Gasteiger charge is 2.02. The Hall–Kier alpha value is -0.760. The van der Waals surface area contributed by atoms with Crippen LogP contribution >= 0.6 is 0 Å². The van der Waals surface area contributed by atoms with Crippen molar-refractivity contribution in [2.45, 2.75) is 12.8 Å². The van der Waals surface area contributed by atoms with Crippen molar-refractivity contribution in [3.05, 3.63) is 23.5 Å². The van der Waals surface area contributed by atoms with E-state index in [-0.39, 0.29) is 6.61 Å². The van der Waals surface area contributed by atoms with E-state index in [4.69, 9.17) is 10.2 Å². The fourth-order valence-electron chi connectivity index (χ4n) is 0.801. The zero-order valence-corrected chi connectivity index (χ0v) is 5.17. The Labute approximate surface area is 54.1 Å². The summed E-state index contributed by atoms with van der Waals surface area (Å²) in [4.78, 5) is 0. The van der Waals surface area contributed by atoms with Gasteiger partial charge in [-0.1, -0.05) is 6.08 Å². The van der Waals surface area contributed by atoms with Crippen molar-refractivity contribution in [2.75, 3.05) is 6.61 Å². The molecule has 0 spiro atoms. The lowest BCUT2D eigenvalue weighted by molar-refractivity contribution is 0.320. The molecule has 50 valence electrons. The van der Waals surface area contributed by atoms with Gasteiger partial charge in [-0.2, -0.15) is 0 Å². The predicted octanol–water partition coefficient (Wildman–Crippen LogP) is 1.14. The molecule has 0 aromatic heterocycles. The van der Waals surface area contributed by atoms with Gasteiger partial charge in [0.2, 0.25) is 0 Å². The van der Waals surface area contributed by atoms with E-state index in [9.17, 15) is 0 Å². The van der Waals surface area contributed by atoms with E-state index < -0.39 is 0 Å². The normalized spacial score (nSPS) is 18.8. The highest BCUT2D eigenvalue weighted by atomic mass is 16.3. The molecule has 0 aromatic carbocycles. The maximum atomic E-state index is 8.86. The zero-order chi connectivity index (χ0) is 6.69. The fourth-order valence-corrected chi connectivity index (χ4v) is 0.801. The van der Waals surface area contributed by atoms with Gasteiger partial charge in [-0.05, 0) is 18.1 Å². The lowest BCUT2D eigenvalue weighted by Crippen LogP contribution is -1.96. The van der Waals surface area contributed by atoms with Gasteiger partial charge in [0.05, 0.1) is 12.4 Å². The molecule has 2 heteroatoms. The van der Waals surface area contributed by atoms with E-state index >= 15 is 0 Å². The van der Waals surface area contributed by atoms with Gasteiger partial charge in [-0.25, -0.2) is 0 Å². The van der Waals surface area contributed by atoms with E-state index in [1.807, 2.05) is 0 Å². The van der Waals surface area contributed by atoms with Gasteiger partial charge in [0.15, 0.2) is 0 Å². The van der Waals surface area contributed by atoms with Crippen molar-refractivity contribution in [1.29, 1.82) is 0 Å². The van der Waals surface area contributed by atoms with Crippen molar-refractivity contribution in [1.82, 2.24) is 0 Å². The second-order valence-corrected chi connectivity index (χ2v) is 2.14. The van der Waals surface area contributed by atoms with E-state index in [2.05, 4.69) is 0 Å². The Balaban J connectivity index is 2.59. The molecular weight excluding hydrogens is 116 g/mol. The van der Waals surface area contributed by atoms with Gasteiger partial charge in [0, 0.05) is 6.42 Å². The largest absolute Gasteiger partial charge is 0.512 e. The maximum absolute atomic E-state index is 8.86. The number of aliphatic hydroxyl groups is 2. The van der Waals surface area contributed by atoms with Crippen molar-refractivity contribution in [2.24, 2.45) is 0 Å². The smallest absolute Gasteiger partial charge is 0.0925 e. The first-order chi connectivity index (χ1) is 4.33. The highest BCUT2D eigenvalue weighted by Crippen LogP contribution is 2.14. The molecule has 1 aliphatic carbocycles. The topological polar surface area (TPSA) is 40.5 Å². The molecule has 0 heterocycles. The molecule has 2 nitrogen and oxygen atoms in total. The first-order valence-corrected chi connectivity index (χ1v) is 3.01. The van der Waals surface area contributed by atoms with Crippen LogP contribution in [-0.2, 0) is 0 Å². The second kappa shape index (κ2) is 2.69. The van der Waals surface area contributed by atoms with Crippen LogP contribution in [0.4, 0.5) is 0 Å². The van der Waals surface area contributed by atoms with E-state index in [1.54, 1.807) is 12.2 Å². The molecule has 0 aliphatic heterocycles. The summed E-state index contributed by atoms with van der Waals surface area (Å²) in [6.45, 7) is 0.115. The van der Waals surface area contributed by atoms with E-state index in [1.165, 1.54) is 0 Å². The van der Waals surface area contributed by atoms with Crippen LogP contribution in [0.2, 0.25) is 0 Å². The summed E-state index contributed by atoms with van der Waals surface area (Å²) in [6, 6.07) is 0. The number of aliphatic hydroxyl groups excluding tert-OH is 2. The fraction of sp³-hybridized carbons (Fsp3) is 0.429. The molecule has 1 rings (SSSR count). The summed E-state index contributed by atoms with van der Waals surface area (Å²) < 4.78 is 0. The van der Waals surface area contributed by atoms with E-state index in [0.717, 1.165) is 12.0 Å². The first-order valence-electron chi connectivity index (χ1n) is 3.01. The van der Waals surface area contributed by atoms with Gasteiger partial charge in [0.25, 0.3) is 0 Å². The molecule has 0 bridgehead atoms. The van der Waals surface area contributed by atoms with Crippen LogP contribution in [0.15, 0.2) is 23.5 Å². The molecule has 2 N–H and O–H groups in total. The Kier molecular flexibility index (Phi) is 1.90. The molecule has 0 amide bonds. The highest BCUT2D eigenvalue weighted by molar-refractivity contribution is 5.20. The van der Waals surface area contributed by atoms with Crippen molar-refractivity contribution in [3.8, 4) is 0 Å². The molecule has 1 aliphatic rings. The summed E-state index contributed by atoms with van der Waals surface area (Å²) in [6.07, 6.45) is 4.86.